The van der Waals surface area contributed by atoms with Crippen LogP contribution in [0.15, 0.2) is 42.5 Å². The Morgan fingerprint density at radius 1 is 1.23 bits per heavy atom. The summed E-state index contributed by atoms with van der Waals surface area (Å²) in [5.41, 5.74) is 9.94. The zero-order valence-electron chi connectivity index (χ0n) is 15.6. The third-order valence-electron chi connectivity index (χ3n) is 4.86. The lowest BCUT2D eigenvalue weighted by Crippen LogP contribution is -2.15. The van der Waals surface area contributed by atoms with E-state index in [0.29, 0.717) is 42.2 Å². The number of nitrogens with two attached hydrogens (primary N) is 2. The van der Waals surface area contributed by atoms with Gasteiger partial charge in [0.25, 0.3) is 5.69 Å². The number of aryl methyl sites for hydroxylation is 1. The topological polar surface area (TPSA) is 149 Å². The molecule has 1 heterocycles. The van der Waals surface area contributed by atoms with E-state index in [9.17, 15) is 14.9 Å². The van der Waals surface area contributed by atoms with E-state index < -0.39 is 10.8 Å². The summed E-state index contributed by atoms with van der Waals surface area (Å²) in [5, 5.41) is 21.1. The van der Waals surface area contributed by atoms with Crippen molar-refractivity contribution in [3.63, 3.8) is 0 Å². The second kappa shape index (κ2) is 8.14. The van der Waals surface area contributed by atoms with Crippen LogP contribution in [-0.4, -0.2) is 20.6 Å². The van der Waals surface area contributed by atoms with E-state index in [0.717, 1.165) is 22.4 Å². The van der Waals surface area contributed by atoms with Crippen molar-refractivity contribution < 1.29 is 18.9 Å². The summed E-state index contributed by atoms with van der Waals surface area (Å²) >= 11 is 0.582. The van der Waals surface area contributed by atoms with Gasteiger partial charge in [0.2, 0.25) is 5.91 Å². The Hall–Kier alpha value is -3.41. The van der Waals surface area contributed by atoms with Crippen LogP contribution in [0.3, 0.4) is 0 Å². The lowest BCUT2D eigenvalue weighted by atomic mass is 9.88. The van der Waals surface area contributed by atoms with E-state index in [1.54, 1.807) is 41.1 Å². The summed E-state index contributed by atoms with van der Waals surface area (Å²) < 4.78 is 6.32. The molecule has 1 amide bonds. The number of aromatic nitrogens is 2. The number of carbonyl (C=O) groups excluding carboxylic acids is 1. The fourth-order valence-electron chi connectivity index (χ4n) is 3.61. The van der Waals surface area contributed by atoms with Crippen LogP contribution in [0.25, 0.3) is 16.9 Å². The van der Waals surface area contributed by atoms with Gasteiger partial charge >= 0.3 is 0 Å². The minimum atomic E-state index is -0.493. The highest BCUT2D eigenvalue weighted by atomic mass is 32.2. The number of nitro benzene ring substituents is 1. The van der Waals surface area contributed by atoms with E-state index in [1.165, 1.54) is 6.07 Å². The molecule has 30 heavy (non-hydrogen) atoms. The van der Waals surface area contributed by atoms with Gasteiger partial charge in [-0.25, -0.2) is 4.68 Å². The molecule has 0 aliphatic heterocycles. The number of carbonyl (C=O) groups is 1. The SMILES string of the molecule is NSOOc1ccc(-n2nc(CC(N)=O)c3c2-c2cc([N+](=O)[O-])ccc2CC3)cc1. The Balaban J connectivity index is 1.86. The molecule has 4 rings (SSSR count). The van der Waals surface area contributed by atoms with Crippen LogP contribution in [0, 0.1) is 10.1 Å². The molecule has 0 radical (unpaired) electrons. The first-order chi connectivity index (χ1) is 14.5. The van der Waals surface area contributed by atoms with E-state index in [1.807, 2.05) is 0 Å². The quantitative estimate of drug-likeness (QED) is 0.192. The predicted molar refractivity (Wildman–Crippen MR) is 109 cm³/mol. The van der Waals surface area contributed by atoms with Crippen LogP contribution in [0.5, 0.6) is 5.75 Å². The number of amides is 1. The van der Waals surface area contributed by atoms with Crippen molar-refractivity contribution in [2.45, 2.75) is 19.3 Å². The smallest absolute Gasteiger partial charge is 0.270 e. The van der Waals surface area contributed by atoms with Gasteiger partial charge in [-0.15, -0.1) is 0 Å². The van der Waals surface area contributed by atoms with Gasteiger partial charge in [0.05, 0.1) is 28.4 Å². The molecule has 1 aromatic heterocycles. The number of primary amides is 1. The number of hydrogen-bond donors (Lipinski definition) is 2. The van der Waals surface area contributed by atoms with Crippen LogP contribution in [0.2, 0.25) is 0 Å². The normalized spacial score (nSPS) is 12.2. The molecule has 0 bridgehead atoms. The van der Waals surface area contributed by atoms with Crippen molar-refractivity contribution in [1.82, 2.24) is 9.78 Å². The van der Waals surface area contributed by atoms with Crippen LogP contribution < -0.4 is 15.8 Å². The second-order valence-electron chi connectivity index (χ2n) is 6.67. The Bertz CT molecular complexity index is 1130. The van der Waals surface area contributed by atoms with Gasteiger partial charge in [-0.2, -0.15) is 5.10 Å². The van der Waals surface area contributed by atoms with Crippen molar-refractivity contribution in [2.24, 2.45) is 10.9 Å². The molecule has 3 aromatic rings. The van der Waals surface area contributed by atoms with E-state index in [-0.39, 0.29) is 12.1 Å². The van der Waals surface area contributed by atoms with Crippen LogP contribution >= 0.6 is 12.2 Å². The Kier molecular flexibility index (Phi) is 5.40. The average Bonchev–Trinajstić information content (AvgIpc) is 3.10. The standard InChI is InChI=1S/C19H17N5O5S/c20-18(25)10-17-15-8-2-11-1-3-13(24(26)27)9-16(11)19(15)23(22-17)12-4-6-14(7-5-12)28-29-30-21/h1,3-7,9H,2,8,10,21H2,(H2,20,25). The van der Waals surface area contributed by atoms with Gasteiger partial charge in [-0.3, -0.25) is 20.0 Å². The van der Waals surface area contributed by atoms with Gasteiger partial charge in [-0.1, -0.05) is 10.4 Å². The summed E-state index contributed by atoms with van der Waals surface area (Å²) in [4.78, 5) is 27.4. The van der Waals surface area contributed by atoms with E-state index >= 15 is 0 Å². The first-order valence-corrected chi connectivity index (χ1v) is 9.75. The molecule has 0 saturated heterocycles. The highest BCUT2D eigenvalue weighted by Crippen LogP contribution is 2.39. The summed E-state index contributed by atoms with van der Waals surface area (Å²) in [6, 6.07) is 11.7. The number of fused-ring (bicyclic) bond motifs is 3. The van der Waals surface area contributed by atoms with E-state index in [2.05, 4.69) is 9.43 Å². The van der Waals surface area contributed by atoms with Crippen molar-refractivity contribution in [1.29, 1.82) is 0 Å². The van der Waals surface area contributed by atoms with Gasteiger partial charge in [0, 0.05) is 23.3 Å². The third-order valence-corrected chi connectivity index (χ3v) is 5.01. The lowest BCUT2D eigenvalue weighted by molar-refractivity contribution is -0.384. The van der Waals surface area contributed by atoms with Crippen molar-refractivity contribution in [2.75, 3.05) is 0 Å². The zero-order chi connectivity index (χ0) is 21.3. The third kappa shape index (κ3) is 3.73. The van der Waals surface area contributed by atoms with Crippen LogP contribution in [-0.2, 0) is 28.4 Å². The minimum Gasteiger partial charge on any atom is -0.369 e. The molecule has 0 atom stereocenters. The zero-order valence-corrected chi connectivity index (χ0v) is 16.4. The highest BCUT2D eigenvalue weighted by Gasteiger charge is 2.28. The Labute approximate surface area is 175 Å². The van der Waals surface area contributed by atoms with Crippen molar-refractivity contribution >= 4 is 23.8 Å². The van der Waals surface area contributed by atoms with E-state index in [4.69, 9.17) is 15.8 Å². The largest absolute Gasteiger partial charge is 0.369 e. The summed E-state index contributed by atoms with van der Waals surface area (Å²) in [5.74, 6) is -0.0569. The molecule has 2 aromatic carbocycles. The molecule has 0 saturated carbocycles. The van der Waals surface area contributed by atoms with Crippen molar-refractivity contribution in [3.8, 4) is 22.7 Å². The van der Waals surface area contributed by atoms with Crippen LogP contribution in [0.1, 0.15) is 16.8 Å². The maximum Gasteiger partial charge on any atom is 0.270 e. The summed E-state index contributed by atoms with van der Waals surface area (Å²) in [6.07, 6.45) is 1.34. The molecule has 11 heteroatoms. The maximum absolute atomic E-state index is 11.6. The van der Waals surface area contributed by atoms with Gasteiger partial charge < -0.3 is 10.6 Å². The number of nitro groups is 1. The van der Waals surface area contributed by atoms with Gasteiger partial charge in [0.15, 0.2) is 5.75 Å². The van der Waals surface area contributed by atoms with Crippen molar-refractivity contribution in [3.05, 3.63) is 69.4 Å². The predicted octanol–water partition coefficient (Wildman–Crippen LogP) is 2.41. The summed E-state index contributed by atoms with van der Waals surface area (Å²) in [7, 11) is 0. The number of benzene rings is 2. The fourth-order valence-corrected chi connectivity index (χ4v) is 3.72. The monoisotopic (exact) mass is 427 g/mol. The van der Waals surface area contributed by atoms with Gasteiger partial charge in [-0.05, 0) is 42.7 Å². The fraction of sp³-hybridized carbons (Fsp3) is 0.158. The lowest BCUT2D eigenvalue weighted by Gasteiger charge is -2.18. The maximum atomic E-state index is 11.6. The molecule has 1 aliphatic rings. The molecule has 154 valence electrons. The molecule has 0 spiro atoms. The molecule has 1 aliphatic carbocycles. The van der Waals surface area contributed by atoms with Crippen LogP contribution in [0.4, 0.5) is 5.69 Å². The molecular weight excluding hydrogens is 410 g/mol. The Morgan fingerprint density at radius 3 is 2.67 bits per heavy atom. The second-order valence-corrected chi connectivity index (χ2v) is 7.00. The number of nitrogens with zero attached hydrogens (tertiary/aromatic N) is 3. The molecule has 0 fully saturated rings. The average molecular weight is 427 g/mol. The summed E-state index contributed by atoms with van der Waals surface area (Å²) in [6.45, 7) is 0. The number of hydrogen-bond acceptors (Lipinski definition) is 8. The first kappa shape index (κ1) is 19.9. The molecule has 0 unspecified atom stereocenters. The molecule has 10 nitrogen and oxygen atoms in total. The van der Waals surface area contributed by atoms with Gasteiger partial charge in [0.1, 0.15) is 12.2 Å². The minimum absolute atomic E-state index is 0.00835. The first-order valence-electron chi connectivity index (χ1n) is 8.95. The molecular formula is C19H17N5O5S. The number of non-ortho nitro benzene ring substituents is 1. The highest BCUT2D eigenvalue weighted by molar-refractivity contribution is 7.92. The Morgan fingerprint density at radius 2 is 2.00 bits per heavy atom. The number of rotatable bonds is 7. The molecule has 4 N–H and O–H groups in total.